The molecule has 5 heteroatoms. The summed E-state index contributed by atoms with van der Waals surface area (Å²) in [7, 11) is 0. The highest BCUT2D eigenvalue weighted by Crippen LogP contribution is 2.05. The topological polar surface area (TPSA) is 58.9 Å². The van der Waals surface area contributed by atoms with Crippen molar-refractivity contribution in [2.45, 2.75) is 0 Å². The van der Waals surface area contributed by atoms with Crippen LogP contribution in [0.2, 0.25) is 0 Å². The third-order valence-corrected chi connectivity index (χ3v) is 2.50. The Hall–Kier alpha value is -2.69. The van der Waals surface area contributed by atoms with E-state index in [4.69, 9.17) is 0 Å². The summed E-state index contributed by atoms with van der Waals surface area (Å²) in [5.74, 6) is 0. The number of rotatable bonds is 0. The molecule has 5 nitrogen and oxygen atoms in total. The second-order valence-electron chi connectivity index (χ2n) is 3.67. The molecule has 0 spiro atoms. The summed E-state index contributed by atoms with van der Waals surface area (Å²) in [5.41, 5.74) is 3.01. The molecule has 90 valence electrons. The maximum atomic E-state index is 4.06. The van der Waals surface area contributed by atoms with E-state index < -0.39 is 0 Å². The first kappa shape index (κ1) is 10.5. The third kappa shape index (κ3) is 2.06. The zero-order valence-electron chi connectivity index (χ0n) is 9.56. The first-order valence-corrected chi connectivity index (χ1v) is 5.56. The third-order valence-electron chi connectivity index (χ3n) is 2.50. The molecule has 0 amide bonds. The van der Waals surface area contributed by atoms with Crippen molar-refractivity contribution in [3.63, 3.8) is 0 Å². The molecule has 0 bridgehead atoms. The van der Waals surface area contributed by atoms with Crippen LogP contribution in [0, 0.1) is 0 Å². The summed E-state index contributed by atoms with van der Waals surface area (Å²) in [6.07, 6.45) is 6.97. The van der Waals surface area contributed by atoms with Crippen molar-refractivity contribution in [2.24, 2.45) is 0 Å². The Bertz CT molecular complexity index is 635. The van der Waals surface area contributed by atoms with E-state index in [0.717, 1.165) is 16.7 Å². The Balaban J connectivity index is 0.000000133. The average molecular weight is 239 g/mol. The number of imidazole rings is 2. The van der Waals surface area contributed by atoms with Gasteiger partial charge in [0, 0.05) is 20.0 Å². The number of aromatic nitrogens is 5. The highest BCUT2D eigenvalue weighted by molar-refractivity contribution is 5.73. The number of H-pyrrole nitrogens is 1. The molecule has 1 aromatic carbocycles. The number of aromatic amines is 1. The highest BCUT2D eigenvalue weighted by Gasteiger charge is 1.88. The minimum atomic E-state index is 0. The molecule has 1 N–H and O–H groups in total. The Morgan fingerprint density at radius 1 is 1.00 bits per heavy atom. The van der Waals surface area contributed by atoms with Crippen LogP contribution in [0.4, 0.5) is 0 Å². The molecule has 4 rings (SSSR count). The summed E-state index contributed by atoms with van der Waals surface area (Å²) in [6, 6.07) is 11.7. The lowest BCUT2D eigenvalue weighted by atomic mass is 10.3. The van der Waals surface area contributed by atoms with Crippen molar-refractivity contribution in [3.8, 4) is 0 Å². The van der Waals surface area contributed by atoms with Gasteiger partial charge in [0.15, 0.2) is 5.65 Å². The Morgan fingerprint density at radius 2 is 1.94 bits per heavy atom. The van der Waals surface area contributed by atoms with E-state index >= 15 is 0 Å². The maximum Gasteiger partial charge on any atom is 0.153 e. The molecule has 0 saturated carbocycles. The minimum Gasteiger partial charge on any atom is -0.345 e. The molecule has 0 aliphatic rings. The SMILES string of the molecule is [HH].c1ccc2[nH]cnc2c1.c1cnn2ccnc2c1. The summed E-state index contributed by atoms with van der Waals surface area (Å²) >= 11 is 0. The molecule has 0 radical (unpaired) electrons. The van der Waals surface area contributed by atoms with E-state index in [-0.39, 0.29) is 1.43 Å². The van der Waals surface area contributed by atoms with E-state index in [1.165, 1.54) is 0 Å². The van der Waals surface area contributed by atoms with Gasteiger partial charge in [0.25, 0.3) is 0 Å². The summed E-state index contributed by atoms with van der Waals surface area (Å²) < 4.78 is 1.72. The molecular formula is C13H13N5. The molecule has 0 fully saturated rings. The van der Waals surface area contributed by atoms with Crippen LogP contribution in [-0.2, 0) is 0 Å². The van der Waals surface area contributed by atoms with Gasteiger partial charge in [-0.3, -0.25) is 0 Å². The predicted octanol–water partition coefficient (Wildman–Crippen LogP) is 2.54. The van der Waals surface area contributed by atoms with Gasteiger partial charge in [-0.2, -0.15) is 5.10 Å². The van der Waals surface area contributed by atoms with Crippen LogP contribution in [-0.4, -0.2) is 24.6 Å². The molecule has 4 aromatic rings. The second-order valence-corrected chi connectivity index (χ2v) is 3.67. The van der Waals surface area contributed by atoms with Gasteiger partial charge in [0.1, 0.15) is 0 Å². The molecule has 0 saturated heterocycles. The van der Waals surface area contributed by atoms with Crippen LogP contribution in [0.1, 0.15) is 1.43 Å². The van der Waals surface area contributed by atoms with E-state index in [1.54, 1.807) is 23.2 Å². The molecular weight excluding hydrogens is 226 g/mol. The number of nitrogens with one attached hydrogen (secondary N) is 1. The van der Waals surface area contributed by atoms with Crippen molar-refractivity contribution in [2.75, 3.05) is 0 Å². The maximum absolute atomic E-state index is 4.06. The largest absolute Gasteiger partial charge is 0.345 e. The Morgan fingerprint density at radius 3 is 2.83 bits per heavy atom. The van der Waals surface area contributed by atoms with Crippen LogP contribution in [0.25, 0.3) is 16.7 Å². The van der Waals surface area contributed by atoms with Gasteiger partial charge in [0.05, 0.1) is 17.4 Å². The van der Waals surface area contributed by atoms with Gasteiger partial charge in [-0.1, -0.05) is 12.1 Å². The number of hydrogen-bond acceptors (Lipinski definition) is 3. The Kier molecular flexibility index (Phi) is 2.71. The van der Waals surface area contributed by atoms with Crippen molar-refractivity contribution < 1.29 is 1.43 Å². The van der Waals surface area contributed by atoms with Crippen LogP contribution in [0.5, 0.6) is 0 Å². The fourth-order valence-corrected chi connectivity index (χ4v) is 1.64. The molecule has 3 aromatic heterocycles. The monoisotopic (exact) mass is 239 g/mol. The van der Waals surface area contributed by atoms with Gasteiger partial charge in [-0.15, -0.1) is 0 Å². The fourth-order valence-electron chi connectivity index (χ4n) is 1.64. The summed E-state index contributed by atoms with van der Waals surface area (Å²) in [5, 5.41) is 4.00. The summed E-state index contributed by atoms with van der Waals surface area (Å²) in [4.78, 5) is 11.1. The first-order chi connectivity index (χ1) is 8.93. The van der Waals surface area contributed by atoms with E-state index in [1.807, 2.05) is 42.6 Å². The number of benzene rings is 1. The number of fused-ring (bicyclic) bond motifs is 2. The molecule has 0 atom stereocenters. The van der Waals surface area contributed by atoms with E-state index in [0.29, 0.717) is 0 Å². The van der Waals surface area contributed by atoms with Gasteiger partial charge < -0.3 is 4.98 Å². The fraction of sp³-hybridized carbons (Fsp3) is 0. The zero-order chi connectivity index (χ0) is 12.2. The molecule has 0 aliphatic carbocycles. The lowest BCUT2D eigenvalue weighted by Crippen LogP contribution is -1.85. The van der Waals surface area contributed by atoms with Crippen LogP contribution in [0.3, 0.4) is 0 Å². The van der Waals surface area contributed by atoms with Crippen molar-refractivity contribution >= 4 is 16.7 Å². The first-order valence-electron chi connectivity index (χ1n) is 5.56. The second kappa shape index (κ2) is 4.67. The minimum absolute atomic E-state index is 0. The number of para-hydroxylation sites is 2. The zero-order valence-corrected chi connectivity index (χ0v) is 9.56. The van der Waals surface area contributed by atoms with Crippen molar-refractivity contribution in [3.05, 3.63) is 61.3 Å². The predicted molar refractivity (Wildman–Crippen MR) is 71.2 cm³/mol. The lowest BCUT2D eigenvalue weighted by Gasteiger charge is -1.85. The molecule has 0 unspecified atom stereocenters. The Labute approximate surface area is 105 Å². The van der Waals surface area contributed by atoms with Gasteiger partial charge in [-0.05, 0) is 24.3 Å². The highest BCUT2D eigenvalue weighted by atomic mass is 15.2. The lowest BCUT2D eigenvalue weighted by molar-refractivity contribution is 0.936. The normalized spacial score (nSPS) is 10.2. The van der Waals surface area contributed by atoms with Crippen molar-refractivity contribution in [1.29, 1.82) is 0 Å². The van der Waals surface area contributed by atoms with E-state index in [9.17, 15) is 0 Å². The standard InChI is InChI=1S/C7H6N2.C6H5N3.H2/c1-2-4-7-6(3-1)8-5-9-7;1-2-6-7-4-5-9(6)8-3-1;/h1-5H,(H,8,9);1-5H;1H. The van der Waals surface area contributed by atoms with E-state index in [2.05, 4.69) is 20.1 Å². The number of hydrogen-bond donors (Lipinski definition) is 1. The van der Waals surface area contributed by atoms with Crippen LogP contribution in [0.15, 0.2) is 61.3 Å². The van der Waals surface area contributed by atoms with Gasteiger partial charge in [0.2, 0.25) is 0 Å². The van der Waals surface area contributed by atoms with Gasteiger partial charge >= 0.3 is 0 Å². The van der Waals surface area contributed by atoms with Crippen molar-refractivity contribution in [1.82, 2.24) is 24.6 Å². The molecule has 18 heavy (non-hydrogen) atoms. The number of nitrogens with zero attached hydrogens (tertiary/aromatic N) is 4. The summed E-state index contributed by atoms with van der Waals surface area (Å²) in [6.45, 7) is 0. The average Bonchev–Trinajstić information content (AvgIpc) is 3.08. The van der Waals surface area contributed by atoms with Gasteiger partial charge in [-0.25, -0.2) is 14.5 Å². The molecule has 3 heterocycles. The van der Waals surface area contributed by atoms with Crippen LogP contribution < -0.4 is 0 Å². The molecule has 0 aliphatic heterocycles. The smallest absolute Gasteiger partial charge is 0.153 e. The van der Waals surface area contributed by atoms with Crippen LogP contribution >= 0.6 is 0 Å². The quantitative estimate of drug-likeness (QED) is 0.513.